The molecule has 0 aliphatic heterocycles. The highest BCUT2D eigenvalue weighted by Crippen LogP contribution is 2.34. The van der Waals surface area contributed by atoms with E-state index in [0.717, 1.165) is 18.5 Å². The summed E-state index contributed by atoms with van der Waals surface area (Å²) < 4.78 is 0. The maximum absolute atomic E-state index is 11.7. The normalized spacial score (nSPS) is 26.6. The molecule has 2 N–H and O–H groups in total. The van der Waals surface area contributed by atoms with E-state index in [1.54, 1.807) is 13.1 Å². The third kappa shape index (κ3) is 2.22. The third-order valence-electron chi connectivity index (χ3n) is 2.98. The second kappa shape index (κ2) is 4.40. The van der Waals surface area contributed by atoms with Gasteiger partial charge in [-0.1, -0.05) is 6.92 Å². The molecule has 0 unspecified atom stereocenters. The van der Waals surface area contributed by atoms with Crippen molar-refractivity contribution in [3.63, 3.8) is 0 Å². The van der Waals surface area contributed by atoms with Crippen LogP contribution in [0.25, 0.3) is 0 Å². The molecule has 3 nitrogen and oxygen atoms in total. The zero-order valence-corrected chi connectivity index (χ0v) is 9.05. The van der Waals surface area contributed by atoms with E-state index in [1.807, 2.05) is 6.92 Å². The molecule has 0 heterocycles. The van der Waals surface area contributed by atoms with Gasteiger partial charge in [-0.15, -0.1) is 0 Å². The van der Waals surface area contributed by atoms with Crippen molar-refractivity contribution in [3.05, 3.63) is 11.8 Å². The first-order valence-electron chi connectivity index (χ1n) is 5.05. The van der Waals surface area contributed by atoms with Crippen molar-refractivity contribution in [3.8, 4) is 0 Å². The highest BCUT2D eigenvalue weighted by Gasteiger charge is 2.34. The highest BCUT2D eigenvalue weighted by atomic mass is 16.1. The zero-order chi connectivity index (χ0) is 10.7. The van der Waals surface area contributed by atoms with E-state index in [2.05, 4.69) is 12.2 Å². The molecule has 2 atom stereocenters. The molecule has 1 saturated carbocycles. The Morgan fingerprint density at radius 1 is 1.50 bits per heavy atom. The quantitative estimate of drug-likeness (QED) is 0.670. The van der Waals surface area contributed by atoms with Crippen LogP contribution in [0.4, 0.5) is 0 Å². The Hall–Kier alpha value is -1.12. The lowest BCUT2D eigenvalue weighted by Crippen LogP contribution is -2.34. The standard InChI is InChI=1S/C11H18N2O/c1-7-4-5-9(7)11(14)10(12)6-8(2)13-3/h6-7,9,12-13H,4-5H2,1-3H3/b8-6-,12-10?/t7-,9+/m0/s1. The summed E-state index contributed by atoms with van der Waals surface area (Å²) in [5.74, 6) is 0.563. The summed E-state index contributed by atoms with van der Waals surface area (Å²) >= 11 is 0. The molecule has 0 bridgehead atoms. The molecule has 0 radical (unpaired) electrons. The molecule has 0 spiro atoms. The lowest BCUT2D eigenvalue weighted by molar-refractivity contribution is -0.120. The number of Topliss-reactive ketones (excluding diaryl/α,β-unsaturated/α-hetero) is 1. The first-order chi connectivity index (χ1) is 6.56. The minimum atomic E-state index is -0.00153. The lowest BCUT2D eigenvalue weighted by Gasteiger charge is -2.32. The van der Waals surface area contributed by atoms with Gasteiger partial charge in [-0.3, -0.25) is 10.2 Å². The van der Waals surface area contributed by atoms with Gasteiger partial charge in [0.25, 0.3) is 0 Å². The van der Waals surface area contributed by atoms with Crippen LogP contribution in [0.2, 0.25) is 0 Å². The van der Waals surface area contributed by atoms with E-state index in [-0.39, 0.29) is 17.4 Å². The smallest absolute Gasteiger partial charge is 0.183 e. The molecule has 14 heavy (non-hydrogen) atoms. The van der Waals surface area contributed by atoms with Crippen LogP contribution in [-0.2, 0) is 4.79 Å². The fraction of sp³-hybridized carbons (Fsp3) is 0.636. The Morgan fingerprint density at radius 3 is 2.50 bits per heavy atom. The molecule has 3 heteroatoms. The first kappa shape index (κ1) is 11.0. The predicted octanol–water partition coefficient (Wildman–Crippen LogP) is 1.74. The first-order valence-corrected chi connectivity index (χ1v) is 5.05. The number of carbonyl (C=O) groups is 1. The monoisotopic (exact) mass is 194 g/mol. The Bertz CT molecular complexity index is 281. The zero-order valence-electron chi connectivity index (χ0n) is 9.05. The van der Waals surface area contributed by atoms with Crippen molar-refractivity contribution in [2.24, 2.45) is 11.8 Å². The highest BCUT2D eigenvalue weighted by molar-refractivity contribution is 6.43. The summed E-state index contributed by atoms with van der Waals surface area (Å²) in [7, 11) is 1.79. The molecule has 1 aliphatic carbocycles. The van der Waals surface area contributed by atoms with Crippen LogP contribution in [0, 0.1) is 17.2 Å². The third-order valence-corrected chi connectivity index (χ3v) is 2.98. The molecular formula is C11H18N2O. The van der Waals surface area contributed by atoms with Gasteiger partial charge in [0.2, 0.25) is 0 Å². The topological polar surface area (TPSA) is 53.0 Å². The number of nitrogens with one attached hydrogen (secondary N) is 2. The fourth-order valence-corrected chi connectivity index (χ4v) is 1.62. The Balaban J connectivity index is 2.57. The Kier molecular flexibility index (Phi) is 3.44. The van der Waals surface area contributed by atoms with E-state index in [9.17, 15) is 4.79 Å². The summed E-state index contributed by atoms with van der Waals surface area (Å²) in [5.41, 5.74) is 0.990. The van der Waals surface area contributed by atoms with Gasteiger partial charge in [0.1, 0.15) is 0 Å². The maximum Gasteiger partial charge on any atom is 0.183 e. The number of allylic oxidation sites excluding steroid dienone is 2. The summed E-state index contributed by atoms with van der Waals surface area (Å²) in [4.78, 5) is 11.7. The minimum absolute atomic E-state index is 0.00153. The summed E-state index contributed by atoms with van der Waals surface area (Å²) in [6.07, 6.45) is 3.68. The SMILES string of the molecule is CN/C(C)=C\C(=N)C(=O)[C@@H]1CC[C@@H]1C. The molecule has 0 amide bonds. The lowest BCUT2D eigenvalue weighted by atomic mass is 9.71. The van der Waals surface area contributed by atoms with Crippen LogP contribution >= 0.6 is 0 Å². The Morgan fingerprint density at radius 2 is 2.14 bits per heavy atom. The summed E-state index contributed by atoms with van der Waals surface area (Å²) in [6.45, 7) is 3.93. The minimum Gasteiger partial charge on any atom is -0.392 e. The molecule has 1 fully saturated rings. The van der Waals surface area contributed by atoms with Crippen LogP contribution < -0.4 is 5.32 Å². The number of carbonyl (C=O) groups excluding carboxylic acids is 1. The van der Waals surface area contributed by atoms with Crippen LogP contribution in [-0.4, -0.2) is 18.5 Å². The molecule has 0 aromatic heterocycles. The van der Waals surface area contributed by atoms with Crippen molar-refractivity contribution in [2.75, 3.05) is 7.05 Å². The molecular weight excluding hydrogens is 176 g/mol. The Labute approximate surface area is 85.1 Å². The molecule has 1 aliphatic rings. The van der Waals surface area contributed by atoms with Gasteiger partial charge in [-0.2, -0.15) is 0 Å². The summed E-state index contributed by atoms with van der Waals surface area (Å²) in [5, 5.41) is 10.5. The average Bonchev–Trinajstić information content (AvgIpc) is 2.15. The van der Waals surface area contributed by atoms with E-state index < -0.39 is 0 Å². The molecule has 0 saturated heterocycles. The van der Waals surface area contributed by atoms with Gasteiger partial charge in [0.15, 0.2) is 5.78 Å². The largest absolute Gasteiger partial charge is 0.392 e. The second-order valence-electron chi connectivity index (χ2n) is 4.02. The molecule has 0 aromatic rings. The van der Waals surface area contributed by atoms with E-state index in [1.165, 1.54) is 0 Å². The maximum atomic E-state index is 11.7. The van der Waals surface area contributed by atoms with E-state index >= 15 is 0 Å². The van der Waals surface area contributed by atoms with Gasteiger partial charge < -0.3 is 5.32 Å². The van der Waals surface area contributed by atoms with Gasteiger partial charge in [-0.05, 0) is 31.8 Å². The van der Waals surface area contributed by atoms with E-state index in [0.29, 0.717) is 5.92 Å². The van der Waals surface area contributed by atoms with E-state index in [4.69, 9.17) is 5.41 Å². The number of ketones is 1. The van der Waals surface area contributed by atoms with Crippen molar-refractivity contribution < 1.29 is 4.79 Å². The molecule has 1 rings (SSSR count). The fourth-order valence-electron chi connectivity index (χ4n) is 1.62. The average molecular weight is 194 g/mol. The van der Waals surface area contributed by atoms with Crippen LogP contribution in [0.5, 0.6) is 0 Å². The van der Waals surface area contributed by atoms with Crippen molar-refractivity contribution >= 4 is 11.5 Å². The van der Waals surface area contributed by atoms with Crippen LogP contribution in [0.3, 0.4) is 0 Å². The van der Waals surface area contributed by atoms with Gasteiger partial charge in [0, 0.05) is 18.7 Å². The van der Waals surface area contributed by atoms with Crippen LogP contribution in [0.15, 0.2) is 11.8 Å². The number of hydrogen-bond acceptors (Lipinski definition) is 3. The van der Waals surface area contributed by atoms with Crippen molar-refractivity contribution in [1.29, 1.82) is 5.41 Å². The molecule has 0 aromatic carbocycles. The van der Waals surface area contributed by atoms with Crippen molar-refractivity contribution in [2.45, 2.75) is 26.7 Å². The number of rotatable bonds is 4. The molecule has 78 valence electrons. The van der Waals surface area contributed by atoms with Gasteiger partial charge in [-0.25, -0.2) is 0 Å². The summed E-state index contributed by atoms with van der Waals surface area (Å²) in [6, 6.07) is 0. The number of hydrogen-bond donors (Lipinski definition) is 2. The van der Waals surface area contributed by atoms with Crippen LogP contribution in [0.1, 0.15) is 26.7 Å². The predicted molar refractivity (Wildman–Crippen MR) is 57.4 cm³/mol. The van der Waals surface area contributed by atoms with Crippen molar-refractivity contribution in [1.82, 2.24) is 5.32 Å². The van der Waals surface area contributed by atoms with Gasteiger partial charge in [0.05, 0.1) is 5.71 Å². The second-order valence-corrected chi connectivity index (χ2v) is 4.02. The van der Waals surface area contributed by atoms with Gasteiger partial charge >= 0.3 is 0 Å².